The van der Waals surface area contributed by atoms with Crippen LogP contribution in [0, 0.1) is 13.8 Å². The first-order valence-electron chi connectivity index (χ1n) is 9.81. The van der Waals surface area contributed by atoms with Gasteiger partial charge in [0, 0.05) is 42.4 Å². The van der Waals surface area contributed by atoms with Crippen LogP contribution in [0.4, 0.5) is 13.2 Å². The molecule has 0 atom stereocenters. The molecule has 0 aliphatic rings. The van der Waals surface area contributed by atoms with Crippen LogP contribution in [-0.4, -0.2) is 35.0 Å². The zero-order chi connectivity index (χ0) is 22.9. The minimum absolute atomic E-state index is 0.0362. The summed E-state index contributed by atoms with van der Waals surface area (Å²) < 4.78 is 41.8. The van der Waals surface area contributed by atoms with E-state index in [-0.39, 0.29) is 18.1 Å². The summed E-state index contributed by atoms with van der Waals surface area (Å²) in [7, 11) is 0. The highest BCUT2D eigenvalue weighted by molar-refractivity contribution is 5.79. The van der Waals surface area contributed by atoms with E-state index >= 15 is 0 Å². The first-order chi connectivity index (χ1) is 15.2. The minimum atomic E-state index is -4.67. The second-order valence-corrected chi connectivity index (χ2v) is 7.36. The van der Waals surface area contributed by atoms with Gasteiger partial charge in [-0.1, -0.05) is 24.3 Å². The van der Waals surface area contributed by atoms with Gasteiger partial charge in [0.25, 0.3) is 11.6 Å². The fourth-order valence-corrected chi connectivity index (χ4v) is 3.46. The van der Waals surface area contributed by atoms with Crippen LogP contribution in [0.25, 0.3) is 5.78 Å². The van der Waals surface area contributed by atoms with Crippen molar-refractivity contribution in [2.75, 3.05) is 0 Å². The largest absolute Gasteiger partial charge is 0.453 e. The molecule has 8 nitrogen and oxygen atoms in total. The number of fused-ring (bicyclic) bond motifs is 1. The lowest BCUT2D eigenvalue weighted by Crippen LogP contribution is -2.26. The van der Waals surface area contributed by atoms with E-state index in [4.69, 9.17) is 0 Å². The maximum Gasteiger partial charge on any atom is 0.453 e. The van der Waals surface area contributed by atoms with Crippen molar-refractivity contribution in [2.45, 2.75) is 39.5 Å². The summed E-state index contributed by atoms with van der Waals surface area (Å²) in [4.78, 5) is 24.2. The predicted molar refractivity (Wildman–Crippen MR) is 109 cm³/mol. The third-order valence-corrected chi connectivity index (χ3v) is 5.15. The number of nitrogens with zero attached hydrogens (tertiary/aromatic N) is 6. The summed E-state index contributed by atoms with van der Waals surface area (Å²) in [5.74, 6) is -1.68. The molecule has 166 valence electrons. The number of nitrogens with one attached hydrogen (secondary N) is 1. The summed E-state index contributed by atoms with van der Waals surface area (Å²) in [6.45, 7) is 4.18. The van der Waals surface area contributed by atoms with E-state index in [0.717, 1.165) is 15.6 Å². The molecule has 0 bridgehead atoms. The lowest BCUT2D eigenvalue weighted by molar-refractivity contribution is -0.144. The van der Waals surface area contributed by atoms with Crippen LogP contribution in [0.3, 0.4) is 0 Å². The SMILES string of the molecule is Cc1nc2nc(C(F)(F)F)nn2c(C)c1CC(=O)NCc1ccccc1Cn1ccnc1. The monoisotopic (exact) mass is 443 g/mol. The third kappa shape index (κ3) is 4.46. The van der Waals surface area contributed by atoms with Gasteiger partial charge in [0.05, 0.1) is 12.7 Å². The quantitative estimate of drug-likeness (QED) is 0.495. The molecule has 4 rings (SSSR count). The Balaban J connectivity index is 1.49. The van der Waals surface area contributed by atoms with Gasteiger partial charge in [-0.2, -0.15) is 18.2 Å². The average molecular weight is 443 g/mol. The molecule has 0 spiro atoms. The Morgan fingerprint density at radius 2 is 1.88 bits per heavy atom. The number of carbonyl (C=O) groups is 1. The highest BCUT2D eigenvalue weighted by Crippen LogP contribution is 2.27. The average Bonchev–Trinajstić information content (AvgIpc) is 3.40. The molecule has 0 aliphatic heterocycles. The van der Waals surface area contributed by atoms with Gasteiger partial charge in [-0.15, -0.1) is 5.10 Å². The molecule has 3 heterocycles. The highest BCUT2D eigenvalue weighted by Gasteiger charge is 2.37. The Morgan fingerprint density at radius 3 is 2.56 bits per heavy atom. The van der Waals surface area contributed by atoms with Crippen molar-refractivity contribution in [1.82, 2.24) is 34.4 Å². The molecule has 11 heteroatoms. The zero-order valence-electron chi connectivity index (χ0n) is 17.4. The molecular weight excluding hydrogens is 423 g/mol. The van der Waals surface area contributed by atoms with Gasteiger partial charge < -0.3 is 9.88 Å². The van der Waals surface area contributed by atoms with Crippen LogP contribution in [0.2, 0.25) is 0 Å². The fraction of sp³-hybridized carbons (Fsp3) is 0.286. The van der Waals surface area contributed by atoms with E-state index in [1.165, 1.54) is 0 Å². The predicted octanol–water partition coefficient (Wildman–Crippen LogP) is 2.86. The maximum atomic E-state index is 12.9. The second-order valence-electron chi connectivity index (χ2n) is 7.36. The summed E-state index contributed by atoms with van der Waals surface area (Å²) in [5.41, 5.74) is 3.35. The van der Waals surface area contributed by atoms with Crippen molar-refractivity contribution in [3.8, 4) is 0 Å². The summed E-state index contributed by atoms with van der Waals surface area (Å²) >= 11 is 0. The lowest BCUT2D eigenvalue weighted by atomic mass is 10.1. The summed E-state index contributed by atoms with van der Waals surface area (Å²) in [5, 5.41) is 6.39. The second kappa shape index (κ2) is 8.40. The summed E-state index contributed by atoms with van der Waals surface area (Å²) in [6.07, 6.45) is 0.574. The standard InChI is InChI=1S/C21H20F3N7O/c1-13-17(14(2)31-20(27-13)28-19(29-31)21(22,23)24)9-18(32)26-10-15-5-3-4-6-16(15)11-30-8-7-25-12-30/h3-8,12H,9-11H2,1-2H3,(H,26,32). The van der Waals surface area contributed by atoms with Crippen molar-refractivity contribution in [3.63, 3.8) is 0 Å². The molecule has 0 fully saturated rings. The number of amides is 1. The van der Waals surface area contributed by atoms with Crippen LogP contribution >= 0.6 is 0 Å². The number of hydrogen-bond donors (Lipinski definition) is 1. The number of rotatable bonds is 6. The van der Waals surface area contributed by atoms with Crippen LogP contribution in [0.5, 0.6) is 0 Å². The molecule has 32 heavy (non-hydrogen) atoms. The molecule has 0 radical (unpaired) electrons. The third-order valence-electron chi connectivity index (χ3n) is 5.15. The van der Waals surface area contributed by atoms with E-state index in [1.807, 2.05) is 35.0 Å². The van der Waals surface area contributed by atoms with Gasteiger partial charge >= 0.3 is 6.18 Å². The number of aromatic nitrogens is 6. The van der Waals surface area contributed by atoms with Gasteiger partial charge in [-0.25, -0.2) is 14.5 Å². The first-order valence-corrected chi connectivity index (χ1v) is 9.81. The normalized spacial score (nSPS) is 11.8. The van der Waals surface area contributed by atoms with Gasteiger partial charge in [0.15, 0.2) is 0 Å². The number of benzene rings is 1. The topological polar surface area (TPSA) is 90.0 Å². The van der Waals surface area contributed by atoms with Gasteiger partial charge in [-0.3, -0.25) is 4.79 Å². The van der Waals surface area contributed by atoms with E-state index < -0.39 is 12.0 Å². The van der Waals surface area contributed by atoms with E-state index in [9.17, 15) is 18.0 Å². The zero-order valence-corrected chi connectivity index (χ0v) is 17.4. The minimum Gasteiger partial charge on any atom is -0.352 e. The Hall–Kier alpha value is -3.76. The van der Waals surface area contributed by atoms with Crippen LogP contribution in [0.15, 0.2) is 43.0 Å². The number of halogens is 3. The smallest absolute Gasteiger partial charge is 0.352 e. The van der Waals surface area contributed by atoms with Crippen LogP contribution in [-0.2, 0) is 30.5 Å². The number of alkyl halides is 3. The van der Waals surface area contributed by atoms with E-state index in [1.54, 1.807) is 26.4 Å². The van der Waals surface area contributed by atoms with Crippen LogP contribution < -0.4 is 5.32 Å². The van der Waals surface area contributed by atoms with Crippen molar-refractivity contribution in [1.29, 1.82) is 0 Å². The molecule has 4 aromatic rings. The van der Waals surface area contributed by atoms with E-state index in [0.29, 0.717) is 30.0 Å². The molecule has 0 saturated heterocycles. The molecule has 1 N–H and O–H groups in total. The highest BCUT2D eigenvalue weighted by atomic mass is 19.4. The number of carbonyl (C=O) groups excluding carboxylic acids is 1. The van der Waals surface area contributed by atoms with Crippen molar-refractivity contribution in [2.24, 2.45) is 0 Å². The maximum absolute atomic E-state index is 12.9. The fourth-order valence-electron chi connectivity index (χ4n) is 3.46. The Labute approximate surface area is 181 Å². The van der Waals surface area contributed by atoms with Crippen LogP contribution in [0.1, 0.15) is 33.9 Å². The van der Waals surface area contributed by atoms with Gasteiger partial charge in [-0.05, 0) is 25.0 Å². The van der Waals surface area contributed by atoms with Crippen molar-refractivity contribution in [3.05, 3.63) is 76.9 Å². The summed E-state index contributed by atoms with van der Waals surface area (Å²) in [6, 6.07) is 7.74. The molecule has 0 aliphatic carbocycles. The number of hydrogen-bond acceptors (Lipinski definition) is 5. The van der Waals surface area contributed by atoms with Crippen molar-refractivity contribution < 1.29 is 18.0 Å². The molecule has 1 amide bonds. The van der Waals surface area contributed by atoms with E-state index in [2.05, 4.69) is 25.4 Å². The molecule has 0 saturated carbocycles. The number of aryl methyl sites for hydroxylation is 2. The molecule has 1 aromatic carbocycles. The number of imidazole rings is 1. The van der Waals surface area contributed by atoms with Gasteiger partial charge in [0.2, 0.25) is 5.91 Å². The molecule has 3 aromatic heterocycles. The molecular formula is C21H20F3N7O. The first kappa shape index (κ1) is 21.5. The Morgan fingerprint density at radius 1 is 1.12 bits per heavy atom. The Bertz CT molecular complexity index is 1260. The van der Waals surface area contributed by atoms with Gasteiger partial charge in [0.1, 0.15) is 0 Å². The lowest BCUT2D eigenvalue weighted by Gasteiger charge is -2.13. The molecule has 0 unspecified atom stereocenters. The Kier molecular flexibility index (Phi) is 5.64. The van der Waals surface area contributed by atoms with Crippen molar-refractivity contribution >= 4 is 11.7 Å².